The van der Waals surface area contributed by atoms with Crippen LogP contribution in [0.4, 0.5) is 0 Å². The molecule has 3 atom stereocenters. The summed E-state index contributed by atoms with van der Waals surface area (Å²) in [5.74, 6) is 0.598. The normalized spacial score (nSPS) is 22.1. The van der Waals surface area contributed by atoms with Crippen LogP contribution in [-0.4, -0.2) is 16.1 Å². The Kier molecular flexibility index (Phi) is 7.33. The highest BCUT2D eigenvalue weighted by atomic mass is 28.3. The summed E-state index contributed by atoms with van der Waals surface area (Å²) in [7, 11) is -3.31. The molecule has 0 radical (unpaired) electrons. The largest absolute Gasteiger partial charge is 0.120 e. The molecule has 0 heterocycles. The minimum Gasteiger partial charge on any atom is -0.0656 e. The van der Waals surface area contributed by atoms with Gasteiger partial charge in [0.05, 0.1) is 8.07 Å². The lowest BCUT2D eigenvalue weighted by Crippen LogP contribution is -2.59. The van der Waals surface area contributed by atoms with Crippen LogP contribution < -0.4 is 10.4 Å². The van der Waals surface area contributed by atoms with E-state index in [0.29, 0.717) is 5.92 Å². The highest BCUT2D eigenvalue weighted by Gasteiger charge is 2.51. The van der Waals surface area contributed by atoms with Crippen molar-refractivity contribution in [3.05, 3.63) is 45.7 Å². The zero-order valence-electron chi connectivity index (χ0n) is 21.4. The smallest absolute Gasteiger partial charge is 0.0656 e. The van der Waals surface area contributed by atoms with Crippen molar-refractivity contribution in [3.8, 4) is 0 Å². The molecule has 2 rings (SSSR count). The third-order valence-corrected chi connectivity index (χ3v) is 17.2. The van der Waals surface area contributed by atoms with Gasteiger partial charge in [-0.25, -0.2) is 0 Å². The Labute approximate surface area is 183 Å². The van der Waals surface area contributed by atoms with Crippen LogP contribution in [0, 0.1) is 12.8 Å². The van der Waals surface area contributed by atoms with E-state index >= 15 is 0 Å². The third-order valence-electron chi connectivity index (χ3n) is 8.29. The molecule has 0 saturated carbocycles. The first-order valence-electron chi connectivity index (χ1n) is 11.8. The average Bonchev–Trinajstić information content (AvgIpc) is 2.85. The highest BCUT2D eigenvalue weighted by molar-refractivity contribution is 7.00. The van der Waals surface area contributed by atoms with Gasteiger partial charge in [0.1, 0.15) is 8.07 Å². The number of hydrogen-bond acceptors (Lipinski definition) is 0. The molecule has 0 bridgehead atoms. The lowest BCUT2D eigenvalue weighted by Gasteiger charge is -2.46. The summed E-state index contributed by atoms with van der Waals surface area (Å²) in [4.78, 5) is 0. The maximum absolute atomic E-state index is 2.68. The first-order valence-corrected chi connectivity index (χ1v) is 17.5. The molecule has 0 N–H and O–H groups in total. The molecule has 1 aromatic rings. The monoisotopic (exact) mass is 426 g/mol. The van der Waals surface area contributed by atoms with Gasteiger partial charge in [-0.3, -0.25) is 0 Å². The van der Waals surface area contributed by atoms with Crippen molar-refractivity contribution in [3.63, 3.8) is 0 Å². The number of aryl methyl sites for hydroxylation is 1. The first-order chi connectivity index (χ1) is 13.3. The predicted octanol–water partition coefficient (Wildman–Crippen LogP) is 7.64. The van der Waals surface area contributed by atoms with Gasteiger partial charge in [-0.1, -0.05) is 118 Å². The van der Waals surface area contributed by atoms with Gasteiger partial charge in [-0.2, -0.15) is 0 Å². The van der Waals surface area contributed by atoms with E-state index in [1.807, 2.05) is 5.20 Å². The fourth-order valence-electron chi connectivity index (χ4n) is 5.87. The zero-order valence-corrected chi connectivity index (χ0v) is 23.4. The molecule has 0 aliphatic heterocycles. The molecule has 0 aromatic heterocycles. The van der Waals surface area contributed by atoms with E-state index in [4.69, 9.17) is 0 Å². The van der Waals surface area contributed by atoms with E-state index in [1.54, 1.807) is 27.1 Å². The summed E-state index contributed by atoms with van der Waals surface area (Å²) in [6.45, 7) is 29.5. The van der Waals surface area contributed by atoms with Gasteiger partial charge < -0.3 is 0 Å². The molecular weight excluding hydrogens is 380 g/mol. The van der Waals surface area contributed by atoms with Crippen molar-refractivity contribution in [2.45, 2.75) is 106 Å². The molecule has 0 fully saturated rings. The fourth-order valence-corrected chi connectivity index (χ4v) is 14.6. The Morgan fingerprint density at radius 2 is 1.28 bits per heavy atom. The van der Waals surface area contributed by atoms with Crippen molar-refractivity contribution in [2.24, 2.45) is 5.92 Å². The summed E-state index contributed by atoms with van der Waals surface area (Å²) in [5, 5.41) is 5.21. The molecule has 0 amide bonds. The van der Waals surface area contributed by atoms with Gasteiger partial charge in [0.2, 0.25) is 0 Å². The highest BCUT2D eigenvalue weighted by Crippen LogP contribution is 2.51. The molecule has 0 nitrogen and oxygen atoms in total. The van der Waals surface area contributed by atoms with Gasteiger partial charge in [0.25, 0.3) is 0 Å². The van der Waals surface area contributed by atoms with Crippen LogP contribution in [0.3, 0.4) is 0 Å². The number of rotatable bonds is 7. The Hall–Kier alpha value is -0.866. The average molecular weight is 427 g/mol. The molecule has 1 aliphatic rings. The van der Waals surface area contributed by atoms with Gasteiger partial charge in [0.15, 0.2) is 0 Å². The summed E-state index contributed by atoms with van der Waals surface area (Å²) < 4.78 is 0. The molecule has 0 spiro atoms. The van der Waals surface area contributed by atoms with Crippen LogP contribution in [0.5, 0.6) is 0 Å². The first kappa shape index (κ1) is 24.4. The quantitative estimate of drug-likeness (QED) is 0.393. The van der Waals surface area contributed by atoms with E-state index < -0.39 is 16.1 Å². The standard InChI is InChI=1S/C27H46Si2/c1-13-19(4)29(20(5)14-2,27-23(8)21(6)22(7)24(27)9)26-16-18(3)15-25(17-26)28(10,11)12/h15-17,19-20,23H,13-14H2,1-12H3. The number of hydrogen-bond donors (Lipinski definition) is 0. The Bertz CT molecular complexity index is 809. The molecule has 1 aliphatic carbocycles. The van der Waals surface area contributed by atoms with Crippen molar-refractivity contribution >= 4 is 26.5 Å². The van der Waals surface area contributed by atoms with Crippen LogP contribution in [0.15, 0.2) is 40.1 Å². The molecule has 3 unspecified atom stereocenters. The Morgan fingerprint density at radius 3 is 1.66 bits per heavy atom. The summed E-state index contributed by atoms with van der Waals surface area (Å²) in [6, 6.07) is 7.75. The molecule has 29 heavy (non-hydrogen) atoms. The minimum atomic E-state index is -1.94. The van der Waals surface area contributed by atoms with Crippen LogP contribution >= 0.6 is 0 Å². The van der Waals surface area contributed by atoms with Crippen LogP contribution in [0.1, 0.15) is 73.8 Å². The summed E-state index contributed by atoms with van der Waals surface area (Å²) in [6.07, 6.45) is 2.54. The van der Waals surface area contributed by atoms with Gasteiger partial charge >= 0.3 is 0 Å². The molecule has 0 saturated heterocycles. The van der Waals surface area contributed by atoms with Gasteiger partial charge in [-0.05, 0) is 50.3 Å². The molecular formula is C27H46Si2. The Morgan fingerprint density at radius 1 is 0.793 bits per heavy atom. The second kappa shape index (κ2) is 8.71. The maximum Gasteiger partial charge on any atom is 0.120 e. The van der Waals surface area contributed by atoms with E-state index in [0.717, 1.165) is 11.1 Å². The van der Waals surface area contributed by atoms with E-state index in [-0.39, 0.29) is 0 Å². The van der Waals surface area contributed by atoms with E-state index in [9.17, 15) is 0 Å². The lowest BCUT2D eigenvalue weighted by molar-refractivity contribution is 0.743. The second-order valence-electron chi connectivity index (χ2n) is 10.9. The third kappa shape index (κ3) is 4.04. The maximum atomic E-state index is 2.68. The predicted molar refractivity (Wildman–Crippen MR) is 139 cm³/mol. The summed E-state index contributed by atoms with van der Waals surface area (Å²) in [5.41, 5.74) is 7.76. The van der Waals surface area contributed by atoms with Crippen LogP contribution in [-0.2, 0) is 0 Å². The number of allylic oxidation sites excluding steroid dienone is 4. The lowest BCUT2D eigenvalue weighted by atomic mass is 10.1. The van der Waals surface area contributed by atoms with E-state index in [1.165, 1.54) is 18.4 Å². The van der Waals surface area contributed by atoms with Gasteiger partial charge in [0, 0.05) is 0 Å². The zero-order chi connectivity index (χ0) is 22.3. The Balaban J connectivity index is 2.96. The molecule has 2 heteroatoms. The van der Waals surface area contributed by atoms with Gasteiger partial charge in [-0.15, -0.1) is 0 Å². The topological polar surface area (TPSA) is 0 Å². The van der Waals surface area contributed by atoms with E-state index in [2.05, 4.69) is 100 Å². The molecule has 162 valence electrons. The van der Waals surface area contributed by atoms with Crippen molar-refractivity contribution in [2.75, 3.05) is 0 Å². The molecule has 1 aromatic carbocycles. The SMILES string of the molecule is CCC(C)[Si](C1=C(C)C(C)=C(C)C1C)(c1cc(C)cc([Si](C)(C)C)c1)C(C)CC. The second-order valence-corrected chi connectivity index (χ2v) is 20.8. The summed E-state index contributed by atoms with van der Waals surface area (Å²) >= 11 is 0. The van der Waals surface area contributed by atoms with Crippen LogP contribution in [0.25, 0.3) is 0 Å². The van der Waals surface area contributed by atoms with Crippen molar-refractivity contribution in [1.82, 2.24) is 0 Å². The van der Waals surface area contributed by atoms with Crippen molar-refractivity contribution < 1.29 is 0 Å². The van der Waals surface area contributed by atoms with Crippen LogP contribution in [0.2, 0.25) is 30.7 Å². The van der Waals surface area contributed by atoms with Crippen molar-refractivity contribution in [1.29, 1.82) is 0 Å². The number of benzene rings is 1. The minimum absolute atomic E-state index is 0.598. The fraction of sp³-hybridized carbons (Fsp3) is 0.630.